The Morgan fingerprint density at radius 1 is 0.895 bits per heavy atom. The number of rotatable bonds is 7. The van der Waals surface area contributed by atoms with Gasteiger partial charge >= 0.3 is 30.1 Å². The molecule has 0 radical (unpaired) electrons. The Morgan fingerprint density at radius 3 is 2.05 bits per heavy atom. The minimum atomic E-state index is -1.45. The standard InChI is InChI=1S/C24H31N3O11/c1-13(28)33-12-17-19(34-14(2)29)20(35-15(3)30)18(26-22(31)37-24(4,5)6)21(36-17)27-38-23(32)25-16-10-8-7-9-11-16/h7-11,17-20H,12H2,1-6H3,(H,25,32)(H,26,31)/t17?,18?,19-,20-/m1/s1. The first-order valence-electron chi connectivity index (χ1n) is 11.5. The minimum absolute atomic E-state index is 0.408. The molecule has 4 atom stereocenters. The maximum atomic E-state index is 12.6. The summed E-state index contributed by atoms with van der Waals surface area (Å²) in [5.74, 6) is -2.71. The number of oxime groups is 1. The summed E-state index contributed by atoms with van der Waals surface area (Å²) in [6, 6.07) is 6.88. The number of hydrogen-bond acceptors (Lipinski definition) is 12. The van der Waals surface area contributed by atoms with Gasteiger partial charge in [0.15, 0.2) is 24.4 Å². The summed E-state index contributed by atoms with van der Waals surface area (Å²) in [6.07, 6.45) is -6.05. The second-order valence-electron chi connectivity index (χ2n) is 9.03. The molecule has 2 N–H and O–H groups in total. The van der Waals surface area contributed by atoms with Crippen molar-refractivity contribution < 1.29 is 52.5 Å². The topological polar surface area (TPSA) is 177 Å². The minimum Gasteiger partial charge on any atom is -0.466 e. The fraction of sp³-hybridized carbons (Fsp3) is 0.500. The number of alkyl carbamates (subject to hydrolysis) is 1. The highest BCUT2D eigenvalue weighted by Gasteiger charge is 2.51. The summed E-state index contributed by atoms with van der Waals surface area (Å²) in [7, 11) is 0. The van der Waals surface area contributed by atoms with Crippen LogP contribution in [0, 0.1) is 0 Å². The van der Waals surface area contributed by atoms with Crippen LogP contribution in [0.1, 0.15) is 41.5 Å². The smallest absolute Gasteiger partial charge is 0.437 e. The lowest BCUT2D eigenvalue weighted by Crippen LogP contribution is -2.65. The van der Waals surface area contributed by atoms with E-state index < -0.39 is 72.6 Å². The number of nitrogens with one attached hydrogen (secondary N) is 2. The van der Waals surface area contributed by atoms with E-state index in [4.69, 9.17) is 28.5 Å². The molecule has 0 saturated carbocycles. The number of carbonyl (C=O) groups excluding carboxylic acids is 5. The van der Waals surface area contributed by atoms with Gasteiger partial charge in [0, 0.05) is 26.5 Å². The molecule has 208 valence electrons. The molecule has 14 nitrogen and oxygen atoms in total. The van der Waals surface area contributed by atoms with Crippen LogP contribution in [-0.4, -0.2) is 72.6 Å². The van der Waals surface area contributed by atoms with E-state index in [2.05, 4.69) is 15.8 Å². The first kappa shape index (κ1) is 29.9. The molecule has 1 saturated heterocycles. The van der Waals surface area contributed by atoms with Gasteiger partial charge in [0.1, 0.15) is 12.2 Å². The first-order chi connectivity index (χ1) is 17.7. The Bertz CT molecular complexity index is 1050. The van der Waals surface area contributed by atoms with Crippen molar-refractivity contribution in [2.75, 3.05) is 11.9 Å². The van der Waals surface area contributed by atoms with Gasteiger partial charge in [-0.25, -0.2) is 9.59 Å². The van der Waals surface area contributed by atoms with Crippen LogP contribution in [-0.2, 0) is 42.9 Å². The number of ether oxygens (including phenoxy) is 5. The van der Waals surface area contributed by atoms with Crippen LogP contribution >= 0.6 is 0 Å². The number of carbonyl (C=O) groups is 5. The Morgan fingerprint density at radius 2 is 1.50 bits per heavy atom. The van der Waals surface area contributed by atoms with Gasteiger partial charge in [0.2, 0.25) is 0 Å². The third kappa shape index (κ3) is 9.95. The van der Waals surface area contributed by atoms with Crippen LogP contribution in [0.5, 0.6) is 0 Å². The number of anilines is 1. The zero-order valence-electron chi connectivity index (χ0n) is 21.8. The summed E-state index contributed by atoms with van der Waals surface area (Å²) in [5.41, 5.74) is -0.501. The molecule has 1 fully saturated rings. The number of para-hydroxylation sites is 1. The van der Waals surface area contributed by atoms with Crippen LogP contribution < -0.4 is 10.6 Å². The van der Waals surface area contributed by atoms with Gasteiger partial charge in [-0.3, -0.25) is 24.5 Å². The average Bonchev–Trinajstić information content (AvgIpc) is 2.78. The summed E-state index contributed by atoms with van der Waals surface area (Å²) in [5, 5.41) is 8.57. The quantitative estimate of drug-likeness (QED) is 0.226. The number of hydrogen-bond donors (Lipinski definition) is 2. The van der Waals surface area contributed by atoms with Crippen molar-refractivity contribution in [3.8, 4) is 0 Å². The van der Waals surface area contributed by atoms with E-state index in [0.717, 1.165) is 20.8 Å². The van der Waals surface area contributed by atoms with Crippen molar-refractivity contribution in [3.63, 3.8) is 0 Å². The van der Waals surface area contributed by atoms with Gasteiger partial charge in [-0.1, -0.05) is 18.2 Å². The first-order valence-corrected chi connectivity index (χ1v) is 11.5. The van der Waals surface area contributed by atoms with Crippen molar-refractivity contribution in [3.05, 3.63) is 30.3 Å². The predicted octanol–water partition coefficient (Wildman–Crippen LogP) is 2.27. The summed E-state index contributed by atoms with van der Waals surface area (Å²) in [6.45, 7) is 7.74. The van der Waals surface area contributed by atoms with E-state index in [0.29, 0.717) is 5.69 Å². The molecule has 0 spiro atoms. The maximum absolute atomic E-state index is 12.6. The summed E-state index contributed by atoms with van der Waals surface area (Å²) >= 11 is 0. The van der Waals surface area contributed by atoms with Crippen molar-refractivity contribution >= 4 is 41.7 Å². The zero-order valence-corrected chi connectivity index (χ0v) is 21.8. The number of nitrogens with zero attached hydrogens (tertiary/aromatic N) is 1. The van der Waals surface area contributed by atoms with Gasteiger partial charge in [-0.05, 0) is 38.1 Å². The van der Waals surface area contributed by atoms with Gasteiger partial charge in [0.25, 0.3) is 5.90 Å². The Balaban J connectivity index is 2.44. The molecule has 2 amide bonds. The largest absolute Gasteiger partial charge is 0.466 e. The normalized spacial score (nSPS) is 21.8. The summed E-state index contributed by atoms with van der Waals surface area (Å²) < 4.78 is 26.7. The van der Waals surface area contributed by atoms with Gasteiger partial charge in [-0.2, -0.15) is 0 Å². The second-order valence-corrected chi connectivity index (χ2v) is 9.03. The predicted molar refractivity (Wildman–Crippen MR) is 130 cm³/mol. The molecular weight excluding hydrogens is 506 g/mol. The fourth-order valence-electron chi connectivity index (χ4n) is 3.23. The molecule has 14 heteroatoms. The lowest BCUT2D eigenvalue weighted by Gasteiger charge is -2.41. The highest BCUT2D eigenvalue weighted by molar-refractivity contribution is 5.89. The monoisotopic (exact) mass is 537 g/mol. The van der Waals surface area contributed by atoms with E-state index in [1.54, 1.807) is 51.1 Å². The van der Waals surface area contributed by atoms with Crippen LogP contribution in [0.3, 0.4) is 0 Å². The highest BCUT2D eigenvalue weighted by atomic mass is 16.7. The van der Waals surface area contributed by atoms with E-state index >= 15 is 0 Å². The molecule has 1 aromatic carbocycles. The molecular formula is C24H31N3O11. The van der Waals surface area contributed by atoms with Crippen molar-refractivity contribution in [1.82, 2.24) is 5.32 Å². The SMILES string of the molecule is CC(=O)OCC1OC(=NOC(=O)Nc2ccccc2)C(NC(=O)OC(C)(C)C)[C@@H](OC(C)=O)[C@@H]1OC(C)=O. The van der Waals surface area contributed by atoms with E-state index in [9.17, 15) is 24.0 Å². The van der Waals surface area contributed by atoms with Crippen LogP contribution in [0.2, 0.25) is 0 Å². The average molecular weight is 538 g/mol. The van der Waals surface area contributed by atoms with Gasteiger partial charge in [-0.15, -0.1) is 0 Å². The zero-order chi connectivity index (χ0) is 28.5. The molecule has 1 aliphatic heterocycles. The Labute approximate surface area is 218 Å². The van der Waals surface area contributed by atoms with E-state index in [-0.39, 0.29) is 0 Å². The van der Waals surface area contributed by atoms with E-state index in [1.807, 2.05) is 0 Å². The maximum Gasteiger partial charge on any atom is 0.437 e. The Kier molecular flexibility index (Phi) is 10.4. The second kappa shape index (κ2) is 13.3. The molecule has 1 aromatic rings. The molecule has 1 heterocycles. The number of amides is 2. The van der Waals surface area contributed by atoms with Crippen LogP contribution in [0.4, 0.5) is 15.3 Å². The molecule has 1 aliphatic rings. The van der Waals surface area contributed by atoms with Crippen molar-refractivity contribution in [2.45, 2.75) is 71.5 Å². The fourth-order valence-corrected chi connectivity index (χ4v) is 3.23. The lowest BCUT2D eigenvalue weighted by molar-refractivity contribution is -0.186. The molecule has 0 bridgehead atoms. The van der Waals surface area contributed by atoms with Crippen molar-refractivity contribution in [2.24, 2.45) is 5.16 Å². The third-order valence-corrected chi connectivity index (χ3v) is 4.52. The van der Waals surface area contributed by atoms with Crippen molar-refractivity contribution in [1.29, 1.82) is 0 Å². The number of esters is 3. The van der Waals surface area contributed by atoms with Gasteiger partial charge < -0.3 is 29.0 Å². The highest BCUT2D eigenvalue weighted by Crippen LogP contribution is 2.25. The summed E-state index contributed by atoms with van der Waals surface area (Å²) in [4.78, 5) is 65.1. The van der Waals surface area contributed by atoms with Crippen LogP contribution in [0.15, 0.2) is 35.5 Å². The Hall–Kier alpha value is -4.36. The molecule has 2 rings (SSSR count). The molecule has 2 unspecified atom stereocenters. The molecule has 0 aliphatic carbocycles. The van der Waals surface area contributed by atoms with Crippen LogP contribution in [0.25, 0.3) is 0 Å². The van der Waals surface area contributed by atoms with Gasteiger partial charge in [0.05, 0.1) is 0 Å². The third-order valence-electron chi connectivity index (χ3n) is 4.52. The molecule has 0 aromatic heterocycles. The number of benzene rings is 1. The lowest BCUT2D eigenvalue weighted by atomic mass is 9.96. The van der Waals surface area contributed by atoms with E-state index in [1.165, 1.54) is 0 Å². The molecule has 38 heavy (non-hydrogen) atoms.